The molecule has 1 aliphatic heterocycles. The number of fused-ring (bicyclic) bond motifs is 1. The summed E-state index contributed by atoms with van der Waals surface area (Å²) >= 11 is 6.03. The van der Waals surface area contributed by atoms with Gasteiger partial charge in [0.05, 0.1) is 18.2 Å². The van der Waals surface area contributed by atoms with E-state index in [0.29, 0.717) is 11.1 Å². The SMILES string of the molecule is N[C@H]1CC(c2cncn2C2CC2)Oc2ccc(Cl)cc21. The van der Waals surface area contributed by atoms with Crippen molar-refractivity contribution in [3.8, 4) is 5.75 Å². The first kappa shape index (κ1) is 12.2. The molecule has 0 radical (unpaired) electrons. The Morgan fingerprint density at radius 2 is 2.20 bits per heavy atom. The summed E-state index contributed by atoms with van der Waals surface area (Å²) in [5.41, 5.74) is 8.41. The molecular formula is C15H16ClN3O. The predicted octanol–water partition coefficient (Wildman–Crippen LogP) is 3.40. The third-order valence-electron chi connectivity index (χ3n) is 4.07. The Bertz CT molecular complexity index is 650. The van der Waals surface area contributed by atoms with Crippen LogP contribution in [0.25, 0.3) is 0 Å². The van der Waals surface area contributed by atoms with Crippen molar-refractivity contribution in [2.24, 2.45) is 5.73 Å². The van der Waals surface area contributed by atoms with Gasteiger partial charge in [-0.15, -0.1) is 0 Å². The average molecular weight is 290 g/mol. The van der Waals surface area contributed by atoms with E-state index in [-0.39, 0.29) is 12.1 Å². The number of rotatable bonds is 2. The third-order valence-corrected chi connectivity index (χ3v) is 4.31. The van der Waals surface area contributed by atoms with E-state index in [1.165, 1.54) is 12.8 Å². The fraction of sp³-hybridized carbons (Fsp3) is 0.400. The molecule has 0 saturated heterocycles. The molecule has 0 bridgehead atoms. The quantitative estimate of drug-likeness (QED) is 0.922. The Morgan fingerprint density at radius 1 is 1.35 bits per heavy atom. The molecule has 2 heterocycles. The van der Waals surface area contributed by atoms with Gasteiger partial charge in [0, 0.05) is 29.1 Å². The lowest BCUT2D eigenvalue weighted by molar-refractivity contribution is 0.153. The van der Waals surface area contributed by atoms with Crippen LogP contribution in [0.1, 0.15) is 48.7 Å². The fourth-order valence-corrected chi connectivity index (χ4v) is 3.06. The van der Waals surface area contributed by atoms with Gasteiger partial charge in [0.25, 0.3) is 0 Å². The minimum absolute atomic E-state index is 0.0261. The number of ether oxygens (including phenoxy) is 1. The van der Waals surface area contributed by atoms with Gasteiger partial charge in [-0.2, -0.15) is 0 Å². The molecule has 104 valence electrons. The largest absolute Gasteiger partial charge is 0.484 e. The summed E-state index contributed by atoms with van der Waals surface area (Å²) in [6, 6.07) is 6.19. The van der Waals surface area contributed by atoms with Crippen molar-refractivity contribution < 1.29 is 4.74 Å². The molecular weight excluding hydrogens is 274 g/mol. The van der Waals surface area contributed by atoms with Crippen LogP contribution in [0, 0.1) is 0 Å². The monoisotopic (exact) mass is 289 g/mol. The molecule has 2 N–H and O–H groups in total. The predicted molar refractivity (Wildman–Crippen MR) is 76.9 cm³/mol. The molecule has 0 amide bonds. The molecule has 1 aromatic heterocycles. The summed E-state index contributed by atoms with van der Waals surface area (Å²) in [7, 11) is 0. The molecule has 4 rings (SSSR count). The summed E-state index contributed by atoms with van der Waals surface area (Å²) in [4.78, 5) is 4.27. The first-order valence-corrected chi connectivity index (χ1v) is 7.33. The van der Waals surface area contributed by atoms with Crippen LogP contribution in [-0.2, 0) is 0 Å². The highest BCUT2D eigenvalue weighted by Crippen LogP contribution is 2.43. The normalized spacial score (nSPS) is 25.1. The minimum atomic E-state index is -0.0509. The maximum absolute atomic E-state index is 6.29. The summed E-state index contributed by atoms with van der Waals surface area (Å²) in [5, 5.41) is 0.698. The van der Waals surface area contributed by atoms with Crippen LogP contribution in [0.3, 0.4) is 0 Å². The van der Waals surface area contributed by atoms with Crippen molar-refractivity contribution in [3.63, 3.8) is 0 Å². The lowest BCUT2D eigenvalue weighted by Gasteiger charge is -2.30. The molecule has 1 unspecified atom stereocenters. The molecule has 0 spiro atoms. The molecule has 1 aliphatic carbocycles. The zero-order valence-electron chi connectivity index (χ0n) is 11.0. The highest BCUT2D eigenvalue weighted by molar-refractivity contribution is 6.30. The molecule has 2 atom stereocenters. The maximum Gasteiger partial charge on any atom is 0.142 e. The maximum atomic E-state index is 6.29. The van der Waals surface area contributed by atoms with Gasteiger partial charge in [-0.25, -0.2) is 4.98 Å². The van der Waals surface area contributed by atoms with Crippen molar-refractivity contribution in [1.29, 1.82) is 0 Å². The summed E-state index contributed by atoms with van der Waals surface area (Å²) in [6.45, 7) is 0. The number of nitrogens with two attached hydrogens (primary N) is 1. The Labute approximate surface area is 122 Å². The number of imidazole rings is 1. The van der Waals surface area contributed by atoms with Crippen LogP contribution in [0.5, 0.6) is 5.75 Å². The van der Waals surface area contributed by atoms with Crippen molar-refractivity contribution >= 4 is 11.6 Å². The van der Waals surface area contributed by atoms with Gasteiger partial charge < -0.3 is 15.0 Å². The van der Waals surface area contributed by atoms with Gasteiger partial charge in [-0.05, 0) is 31.0 Å². The number of hydrogen-bond donors (Lipinski definition) is 1. The summed E-state index contributed by atoms with van der Waals surface area (Å²) in [6.07, 6.45) is 6.99. The van der Waals surface area contributed by atoms with Crippen molar-refractivity contribution in [3.05, 3.63) is 47.0 Å². The highest BCUT2D eigenvalue weighted by atomic mass is 35.5. The zero-order chi connectivity index (χ0) is 13.7. The number of benzene rings is 1. The molecule has 5 heteroatoms. The van der Waals surface area contributed by atoms with E-state index in [2.05, 4.69) is 9.55 Å². The van der Waals surface area contributed by atoms with Crippen LogP contribution < -0.4 is 10.5 Å². The van der Waals surface area contributed by atoms with Gasteiger partial charge in [0.1, 0.15) is 11.9 Å². The first-order chi connectivity index (χ1) is 9.72. The second-order valence-corrected chi connectivity index (χ2v) is 6.02. The van der Waals surface area contributed by atoms with E-state index in [1.807, 2.05) is 30.7 Å². The van der Waals surface area contributed by atoms with Crippen molar-refractivity contribution in [1.82, 2.24) is 9.55 Å². The van der Waals surface area contributed by atoms with E-state index >= 15 is 0 Å². The van der Waals surface area contributed by atoms with E-state index in [4.69, 9.17) is 22.1 Å². The third kappa shape index (κ3) is 2.00. The minimum Gasteiger partial charge on any atom is -0.484 e. The van der Waals surface area contributed by atoms with Crippen LogP contribution in [0.4, 0.5) is 0 Å². The second-order valence-electron chi connectivity index (χ2n) is 5.59. The number of halogens is 1. The second kappa shape index (κ2) is 4.50. The Kier molecular flexibility index (Phi) is 2.75. The standard InChI is InChI=1S/C15H16ClN3O/c16-9-1-4-14-11(5-9)12(17)6-15(20-14)13-7-18-8-19(13)10-2-3-10/h1,4-5,7-8,10,12,15H,2-3,6,17H2/t12-,15?/m0/s1. The van der Waals surface area contributed by atoms with Crippen LogP contribution in [0.2, 0.25) is 5.02 Å². The molecule has 1 aromatic carbocycles. The zero-order valence-corrected chi connectivity index (χ0v) is 11.8. The molecule has 20 heavy (non-hydrogen) atoms. The Hall–Kier alpha value is -1.52. The van der Waals surface area contributed by atoms with Gasteiger partial charge in [-0.3, -0.25) is 0 Å². The van der Waals surface area contributed by atoms with Gasteiger partial charge in [0.2, 0.25) is 0 Å². The van der Waals surface area contributed by atoms with Gasteiger partial charge in [-0.1, -0.05) is 11.6 Å². The van der Waals surface area contributed by atoms with E-state index < -0.39 is 0 Å². The van der Waals surface area contributed by atoms with E-state index in [0.717, 1.165) is 23.4 Å². The lowest BCUT2D eigenvalue weighted by atomic mass is 9.96. The molecule has 1 saturated carbocycles. The molecule has 2 aliphatic rings. The van der Waals surface area contributed by atoms with Crippen LogP contribution in [-0.4, -0.2) is 9.55 Å². The fourth-order valence-electron chi connectivity index (χ4n) is 2.88. The summed E-state index contributed by atoms with van der Waals surface area (Å²) in [5.74, 6) is 0.835. The van der Waals surface area contributed by atoms with E-state index in [1.54, 1.807) is 0 Å². The lowest BCUT2D eigenvalue weighted by Crippen LogP contribution is -2.25. The van der Waals surface area contributed by atoms with Crippen molar-refractivity contribution in [2.45, 2.75) is 37.5 Å². The van der Waals surface area contributed by atoms with Gasteiger partial charge in [0.15, 0.2) is 0 Å². The summed E-state index contributed by atoms with van der Waals surface area (Å²) < 4.78 is 8.36. The van der Waals surface area contributed by atoms with Crippen LogP contribution in [0.15, 0.2) is 30.7 Å². The molecule has 1 fully saturated rings. The van der Waals surface area contributed by atoms with E-state index in [9.17, 15) is 0 Å². The van der Waals surface area contributed by atoms with Crippen molar-refractivity contribution in [2.75, 3.05) is 0 Å². The smallest absolute Gasteiger partial charge is 0.142 e. The van der Waals surface area contributed by atoms with Crippen LogP contribution >= 0.6 is 11.6 Å². The number of aromatic nitrogens is 2. The molecule has 4 nitrogen and oxygen atoms in total. The highest BCUT2D eigenvalue weighted by Gasteiger charge is 2.33. The first-order valence-electron chi connectivity index (χ1n) is 6.96. The Balaban J connectivity index is 1.68. The molecule has 2 aromatic rings. The number of nitrogens with zero attached hydrogens (tertiary/aromatic N) is 2. The topological polar surface area (TPSA) is 53.1 Å². The Morgan fingerprint density at radius 3 is 3.00 bits per heavy atom. The number of hydrogen-bond acceptors (Lipinski definition) is 3. The average Bonchev–Trinajstić information content (AvgIpc) is 3.17. The van der Waals surface area contributed by atoms with Gasteiger partial charge >= 0.3 is 0 Å².